The lowest BCUT2D eigenvalue weighted by molar-refractivity contribution is -0.142. The highest BCUT2D eigenvalue weighted by Crippen LogP contribution is 2.35. The van der Waals surface area contributed by atoms with Crippen LogP contribution in [0.5, 0.6) is 0 Å². The number of imidazole rings is 1. The Morgan fingerprint density at radius 3 is 2.36 bits per heavy atom. The molecular formula is C22H21FN4O5S. The molecule has 0 bridgehead atoms. The van der Waals surface area contributed by atoms with Crippen LogP contribution in [0.2, 0.25) is 0 Å². The zero-order valence-corrected chi connectivity index (χ0v) is 18.4. The van der Waals surface area contributed by atoms with E-state index in [2.05, 4.69) is 15.3 Å². The van der Waals surface area contributed by atoms with Crippen LogP contribution in [-0.4, -0.2) is 54.4 Å². The quantitative estimate of drug-likeness (QED) is 0.384. The summed E-state index contributed by atoms with van der Waals surface area (Å²) in [5, 5.41) is 20.8. The molecule has 3 N–H and O–H groups in total. The summed E-state index contributed by atoms with van der Waals surface area (Å²) in [6.45, 7) is 0. The number of benzene rings is 1. The number of halogens is 1. The van der Waals surface area contributed by atoms with Gasteiger partial charge in [-0.2, -0.15) is 0 Å². The molecule has 2 heterocycles. The summed E-state index contributed by atoms with van der Waals surface area (Å²) in [4.78, 5) is 43.0. The zero-order chi connectivity index (χ0) is 24.0. The molecule has 11 heteroatoms. The van der Waals surface area contributed by atoms with E-state index in [1.165, 1.54) is 12.1 Å². The molecule has 0 spiro atoms. The monoisotopic (exact) mass is 472 g/mol. The van der Waals surface area contributed by atoms with E-state index in [9.17, 15) is 23.9 Å². The maximum Gasteiger partial charge on any atom is 0.326 e. The first-order chi connectivity index (χ1) is 15.8. The Bertz CT molecular complexity index is 1150. The highest BCUT2D eigenvalue weighted by Gasteiger charge is 2.23. The number of aromatic nitrogens is 3. The molecule has 3 rings (SSSR count). The van der Waals surface area contributed by atoms with Crippen LogP contribution in [0.25, 0.3) is 22.5 Å². The summed E-state index contributed by atoms with van der Waals surface area (Å²) in [7, 11) is 1.78. The minimum Gasteiger partial charge on any atom is -0.481 e. The van der Waals surface area contributed by atoms with Gasteiger partial charge in [-0.1, -0.05) is 11.8 Å². The van der Waals surface area contributed by atoms with Crippen molar-refractivity contribution in [2.24, 2.45) is 7.05 Å². The molecule has 0 aliphatic heterocycles. The Kier molecular flexibility index (Phi) is 7.78. The molecule has 0 fully saturated rings. The highest BCUT2D eigenvalue weighted by molar-refractivity contribution is 7.99. The number of carboxylic acid groups (broad SMARTS) is 2. The molecule has 0 aliphatic rings. The summed E-state index contributed by atoms with van der Waals surface area (Å²) in [5.41, 5.74) is 2.86. The fourth-order valence-electron chi connectivity index (χ4n) is 3.15. The molecule has 2 aromatic heterocycles. The number of carboxylic acids is 2. The fourth-order valence-corrected chi connectivity index (χ4v) is 3.93. The number of thioether (sulfide) groups is 1. The van der Waals surface area contributed by atoms with Crippen molar-refractivity contribution in [1.29, 1.82) is 0 Å². The van der Waals surface area contributed by atoms with Crippen molar-refractivity contribution in [2.45, 2.75) is 24.0 Å². The third-order valence-corrected chi connectivity index (χ3v) is 5.77. The molecule has 1 unspecified atom stereocenters. The molecule has 0 saturated heterocycles. The lowest BCUT2D eigenvalue weighted by atomic mass is 10.1. The van der Waals surface area contributed by atoms with Gasteiger partial charge in [0, 0.05) is 37.0 Å². The second-order valence-corrected chi connectivity index (χ2v) is 8.02. The lowest BCUT2D eigenvalue weighted by Crippen LogP contribution is -2.42. The largest absolute Gasteiger partial charge is 0.481 e. The maximum absolute atomic E-state index is 13.4. The number of nitrogens with zero attached hydrogens (tertiary/aromatic N) is 3. The molecular weight excluding hydrogens is 451 g/mol. The van der Waals surface area contributed by atoms with Gasteiger partial charge in [0.05, 0.1) is 17.1 Å². The third-order valence-electron chi connectivity index (χ3n) is 4.74. The van der Waals surface area contributed by atoms with Gasteiger partial charge in [-0.05, 0) is 42.8 Å². The van der Waals surface area contributed by atoms with Crippen LogP contribution in [-0.2, 0) is 21.4 Å². The summed E-state index contributed by atoms with van der Waals surface area (Å²) < 4.78 is 15.2. The highest BCUT2D eigenvalue weighted by atomic mass is 32.2. The summed E-state index contributed by atoms with van der Waals surface area (Å²) in [6, 6.07) is 8.23. The lowest BCUT2D eigenvalue weighted by Gasteiger charge is -2.13. The number of hydrogen-bond donors (Lipinski definition) is 3. The Morgan fingerprint density at radius 2 is 1.76 bits per heavy atom. The second-order valence-electron chi connectivity index (χ2n) is 7.07. The fraction of sp³-hybridized carbons (Fsp3) is 0.227. The van der Waals surface area contributed by atoms with Crippen molar-refractivity contribution in [3.63, 3.8) is 0 Å². The van der Waals surface area contributed by atoms with E-state index in [4.69, 9.17) is 5.11 Å². The van der Waals surface area contributed by atoms with Gasteiger partial charge < -0.3 is 20.1 Å². The van der Waals surface area contributed by atoms with Crippen molar-refractivity contribution in [1.82, 2.24) is 19.9 Å². The normalized spacial score (nSPS) is 11.7. The summed E-state index contributed by atoms with van der Waals surface area (Å²) in [5.74, 6) is -3.50. The van der Waals surface area contributed by atoms with Crippen molar-refractivity contribution in [3.05, 3.63) is 54.6 Å². The smallest absolute Gasteiger partial charge is 0.326 e. The van der Waals surface area contributed by atoms with Gasteiger partial charge in [0.15, 0.2) is 5.16 Å². The molecule has 1 atom stereocenters. The molecule has 0 aliphatic carbocycles. The predicted octanol–water partition coefficient (Wildman–Crippen LogP) is 2.81. The Labute approximate surface area is 192 Å². The minimum atomic E-state index is -1.30. The maximum atomic E-state index is 13.4. The van der Waals surface area contributed by atoms with E-state index >= 15 is 0 Å². The van der Waals surface area contributed by atoms with Crippen LogP contribution < -0.4 is 5.32 Å². The Hall–Kier alpha value is -3.73. The van der Waals surface area contributed by atoms with Crippen molar-refractivity contribution in [3.8, 4) is 22.5 Å². The van der Waals surface area contributed by atoms with Crippen LogP contribution in [0.1, 0.15) is 12.8 Å². The minimum absolute atomic E-state index is 0.125. The molecule has 9 nitrogen and oxygen atoms in total. The van der Waals surface area contributed by atoms with Crippen molar-refractivity contribution < 1.29 is 29.0 Å². The zero-order valence-electron chi connectivity index (χ0n) is 17.6. The standard InChI is InChI=1S/C22H21FN4O5S/c1-27-20(14-8-10-24-11-9-14)19(13-2-4-15(23)5-3-13)26-22(27)33-12-17(28)25-16(21(31)32)6-7-18(29)30/h2-5,8-11,16H,6-7,12H2,1H3,(H,25,28)(H,29,30)(H,31,32). The average Bonchev–Trinajstić information content (AvgIpc) is 3.12. The second kappa shape index (κ2) is 10.7. The van der Waals surface area contributed by atoms with Crippen LogP contribution >= 0.6 is 11.8 Å². The van der Waals surface area contributed by atoms with Crippen molar-refractivity contribution >= 4 is 29.6 Å². The van der Waals surface area contributed by atoms with Gasteiger partial charge in [-0.25, -0.2) is 14.2 Å². The van der Waals surface area contributed by atoms with Crippen LogP contribution in [0.3, 0.4) is 0 Å². The average molecular weight is 472 g/mol. The van der Waals surface area contributed by atoms with Gasteiger partial charge in [-0.15, -0.1) is 0 Å². The van der Waals surface area contributed by atoms with Gasteiger partial charge >= 0.3 is 11.9 Å². The SMILES string of the molecule is Cn1c(SCC(=O)NC(CCC(=O)O)C(=O)O)nc(-c2ccc(F)cc2)c1-c1ccncc1. The predicted molar refractivity (Wildman–Crippen MR) is 119 cm³/mol. The molecule has 33 heavy (non-hydrogen) atoms. The van der Waals surface area contributed by atoms with Gasteiger partial charge in [0.25, 0.3) is 0 Å². The molecule has 0 radical (unpaired) electrons. The number of amides is 1. The van der Waals surface area contributed by atoms with E-state index in [-0.39, 0.29) is 24.4 Å². The van der Waals surface area contributed by atoms with E-state index in [1.54, 1.807) is 36.1 Å². The number of rotatable bonds is 10. The third kappa shape index (κ3) is 6.16. The number of nitrogens with one attached hydrogen (secondary N) is 1. The first kappa shape index (κ1) is 23.9. The van der Waals surface area contributed by atoms with Gasteiger partial charge in [0.1, 0.15) is 11.9 Å². The molecule has 0 saturated carbocycles. The number of aliphatic carboxylic acids is 2. The van der Waals surface area contributed by atoms with E-state index in [0.29, 0.717) is 16.4 Å². The topological polar surface area (TPSA) is 134 Å². The molecule has 3 aromatic rings. The van der Waals surface area contributed by atoms with Crippen LogP contribution in [0.15, 0.2) is 53.9 Å². The Balaban J connectivity index is 1.82. The summed E-state index contributed by atoms with van der Waals surface area (Å²) >= 11 is 1.10. The van der Waals surface area contributed by atoms with E-state index in [0.717, 1.165) is 23.0 Å². The first-order valence-electron chi connectivity index (χ1n) is 9.86. The molecule has 1 aromatic carbocycles. The van der Waals surface area contributed by atoms with Crippen LogP contribution in [0.4, 0.5) is 4.39 Å². The number of pyridine rings is 1. The summed E-state index contributed by atoms with van der Waals surface area (Å²) in [6.07, 6.45) is 2.69. The van der Waals surface area contributed by atoms with E-state index < -0.39 is 23.9 Å². The number of carbonyl (C=O) groups excluding carboxylic acids is 1. The number of hydrogen-bond acceptors (Lipinski definition) is 6. The Morgan fingerprint density at radius 1 is 1.09 bits per heavy atom. The van der Waals surface area contributed by atoms with E-state index in [1.807, 2.05) is 12.1 Å². The number of carbonyl (C=O) groups is 3. The molecule has 1 amide bonds. The van der Waals surface area contributed by atoms with Crippen molar-refractivity contribution in [2.75, 3.05) is 5.75 Å². The van der Waals surface area contributed by atoms with Gasteiger partial charge in [0.2, 0.25) is 5.91 Å². The van der Waals surface area contributed by atoms with Crippen LogP contribution in [0, 0.1) is 5.82 Å². The molecule has 172 valence electrons. The first-order valence-corrected chi connectivity index (χ1v) is 10.8. The van der Waals surface area contributed by atoms with Gasteiger partial charge in [-0.3, -0.25) is 14.6 Å².